The normalized spacial score (nSPS) is 10.1. The summed E-state index contributed by atoms with van der Waals surface area (Å²) < 4.78 is 5.25. The molecule has 22 heavy (non-hydrogen) atoms. The van der Waals surface area contributed by atoms with Crippen molar-refractivity contribution in [2.75, 3.05) is 20.2 Å². The van der Waals surface area contributed by atoms with Crippen molar-refractivity contribution in [3.05, 3.63) is 52.4 Å². The van der Waals surface area contributed by atoms with E-state index in [4.69, 9.17) is 16.1 Å². The first kappa shape index (κ1) is 15.6. The molecule has 7 heteroatoms. The minimum absolute atomic E-state index is 0.267. The van der Waals surface area contributed by atoms with E-state index in [1.165, 1.54) is 0 Å². The highest BCUT2D eigenvalue weighted by Crippen LogP contribution is 2.24. The van der Waals surface area contributed by atoms with Crippen LogP contribution in [0, 0.1) is 0 Å². The number of carbonyl (C=O) groups excluding carboxylic acids is 1. The van der Waals surface area contributed by atoms with Gasteiger partial charge in [0.25, 0.3) is 0 Å². The van der Waals surface area contributed by atoms with Crippen LogP contribution in [0.5, 0.6) is 5.75 Å². The first-order valence-electron chi connectivity index (χ1n) is 6.77. The number of ether oxygens (including phenoxy) is 1. The summed E-state index contributed by atoms with van der Waals surface area (Å²) in [6.45, 7) is 0.0759. The number of rotatable bonds is 6. The van der Waals surface area contributed by atoms with Crippen molar-refractivity contribution < 1.29 is 9.53 Å². The van der Waals surface area contributed by atoms with Crippen LogP contribution in [0.1, 0.15) is 5.56 Å². The van der Waals surface area contributed by atoms with Crippen LogP contribution in [-0.2, 0) is 11.2 Å². The van der Waals surface area contributed by atoms with Gasteiger partial charge < -0.3 is 4.74 Å². The summed E-state index contributed by atoms with van der Waals surface area (Å²) in [5.41, 5.74) is 9.28. The number of fused-ring (bicyclic) bond motifs is 1. The zero-order chi connectivity index (χ0) is 15.9. The maximum Gasteiger partial charge on any atom is 0.242 e. The van der Waals surface area contributed by atoms with Gasteiger partial charge >= 0.3 is 0 Å². The third-order valence-electron chi connectivity index (χ3n) is 3.39. The van der Waals surface area contributed by atoms with Gasteiger partial charge in [-0.2, -0.15) is 0 Å². The molecule has 1 amide bonds. The van der Waals surface area contributed by atoms with Gasteiger partial charge in [0.15, 0.2) is 0 Å². The molecular formula is C15H17N5O2. The third-order valence-corrected chi connectivity index (χ3v) is 3.39. The molecule has 0 radical (unpaired) electrons. The first-order valence-corrected chi connectivity index (χ1v) is 6.77. The molecule has 2 N–H and O–H groups in total. The number of methoxy groups -OCH3 is 1. The van der Waals surface area contributed by atoms with E-state index in [9.17, 15) is 4.79 Å². The fourth-order valence-corrected chi connectivity index (χ4v) is 2.21. The molecule has 0 unspecified atom stereocenters. The molecule has 0 fully saturated rings. The van der Waals surface area contributed by atoms with E-state index in [1.54, 1.807) is 7.11 Å². The van der Waals surface area contributed by atoms with Crippen molar-refractivity contribution in [1.29, 1.82) is 0 Å². The van der Waals surface area contributed by atoms with Gasteiger partial charge in [0.05, 0.1) is 7.11 Å². The van der Waals surface area contributed by atoms with E-state index in [0.29, 0.717) is 13.0 Å². The first-order chi connectivity index (χ1) is 10.7. The monoisotopic (exact) mass is 299 g/mol. The van der Waals surface area contributed by atoms with E-state index < -0.39 is 5.91 Å². The Morgan fingerprint density at radius 1 is 1.41 bits per heavy atom. The molecule has 7 nitrogen and oxygen atoms in total. The SMILES string of the molecule is COc1ccc2cccc(CCN(N)C(=O)CN=[N+]=[N-])c2c1. The third kappa shape index (κ3) is 3.66. The summed E-state index contributed by atoms with van der Waals surface area (Å²) in [5, 5.41) is 6.46. The van der Waals surface area contributed by atoms with Gasteiger partial charge in [-0.1, -0.05) is 29.4 Å². The minimum Gasteiger partial charge on any atom is -0.497 e. The van der Waals surface area contributed by atoms with Crippen molar-refractivity contribution in [3.8, 4) is 5.75 Å². The summed E-state index contributed by atoms with van der Waals surface area (Å²) in [7, 11) is 1.62. The Labute approximate surface area is 127 Å². The molecule has 2 rings (SSSR count). The molecule has 0 aliphatic rings. The number of hydrogen-bond donors (Lipinski definition) is 1. The number of hydrogen-bond acceptors (Lipinski definition) is 4. The standard InChI is InChI=1S/C15H17N5O2/c1-22-13-6-5-11-3-2-4-12(14(11)9-13)7-8-20(17)15(21)10-18-19-16/h2-6,9H,7-8,10,17H2,1H3. The molecule has 2 aromatic rings. The number of carbonyl (C=O) groups is 1. The summed E-state index contributed by atoms with van der Waals surface area (Å²) in [6, 6.07) is 11.8. The number of hydrazine groups is 1. The lowest BCUT2D eigenvalue weighted by Crippen LogP contribution is -2.40. The van der Waals surface area contributed by atoms with Gasteiger partial charge in [-0.3, -0.25) is 9.80 Å². The zero-order valence-electron chi connectivity index (χ0n) is 12.3. The van der Waals surface area contributed by atoms with E-state index in [0.717, 1.165) is 27.1 Å². The Hall–Kier alpha value is -2.76. The van der Waals surface area contributed by atoms with Gasteiger partial charge in [0.1, 0.15) is 12.3 Å². The highest BCUT2D eigenvalue weighted by Gasteiger charge is 2.09. The van der Waals surface area contributed by atoms with Crippen LogP contribution < -0.4 is 10.6 Å². The Morgan fingerprint density at radius 3 is 2.95 bits per heavy atom. The van der Waals surface area contributed by atoms with Gasteiger partial charge in [-0.05, 0) is 40.4 Å². The minimum atomic E-state index is -0.407. The summed E-state index contributed by atoms with van der Waals surface area (Å²) in [4.78, 5) is 14.1. The fourth-order valence-electron chi connectivity index (χ4n) is 2.21. The second-order valence-corrected chi connectivity index (χ2v) is 4.73. The molecule has 0 aromatic heterocycles. The summed E-state index contributed by atoms with van der Waals surface area (Å²) in [5.74, 6) is 6.06. The molecular weight excluding hydrogens is 282 g/mol. The molecule has 0 atom stereocenters. The molecule has 0 heterocycles. The summed E-state index contributed by atoms with van der Waals surface area (Å²) in [6.07, 6.45) is 0.600. The number of nitrogens with zero attached hydrogens (tertiary/aromatic N) is 4. The smallest absolute Gasteiger partial charge is 0.242 e. The quantitative estimate of drug-likeness (QED) is 0.221. The van der Waals surface area contributed by atoms with Crippen molar-refractivity contribution in [1.82, 2.24) is 5.01 Å². The summed E-state index contributed by atoms with van der Waals surface area (Å²) >= 11 is 0. The fraction of sp³-hybridized carbons (Fsp3) is 0.267. The van der Waals surface area contributed by atoms with Crippen molar-refractivity contribution in [2.45, 2.75) is 6.42 Å². The lowest BCUT2D eigenvalue weighted by atomic mass is 10.0. The van der Waals surface area contributed by atoms with Crippen molar-refractivity contribution >= 4 is 16.7 Å². The highest BCUT2D eigenvalue weighted by atomic mass is 16.5. The predicted molar refractivity (Wildman–Crippen MR) is 84.1 cm³/mol. The van der Waals surface area contributed by atoms with Crippen LogP contribution in [0.3, 0.4) is 0 Å². The average molecular weight is 299 g/mol. The Kier molecular flexibility index (Phi) is 5.19. The number of nitrogens with two attached hydrogens (primary N) is 1. The topological polar surface area (TPSA) is 104 Å². The maximum atomic E-state index is 11.6. The average Bonchev–Trinajstić information content (AvgIpc) is 2.56. The van der Waals surface area contributed by atoms with Crippen molar-refractivity contribution in [3.63, 3.8) is 0 Å². The van der Waals surface area contributed by atoms with Crippen LogP contribution >= 0.6 is 0 Å². The van der Waals surface area contributed by atoms with Gasteiger partial charge in [-0.25, -0.2) is 5.84 Å². The molecule has 0 aliphatic heterocycles. The maximum absolute atomic E-state index is 11.6. The number of azide groups is 1. The van der Waals surface area contributed by atoms with Gasteiger partial charge in [-0.15, -0.1) is 0 Å². The lowest BCUT2D eigenvalue weighted by Gasteiger charge is -2.16. The molecule has 0 bridgehead atoms. The van der Waals surface area contributed by atoms with Crippen LogP contribution in [0.25, 0.3) is 21.2 Å². The lowest BCUT2D eigenvalue weighted by molar-refractivity contribution is -0.129. The van der Waals surface area contributed by atoms with Crippen LogP contribution in [0.4, 0.5) is 0 Å². The molecule has 114 valence electrons. The molecule has 0 saturated carbocycles. The Morgan fingerprint density at radius 2 is 2.23 bits per heavy atom. The Bertz CT molecular complexity index is 725. The van der Waals surface area contributed by atoms with Gasteiger partial charge in [0, 0.05) is 11.5 Å². The second kappa shape index (κ2) is 7.31. The molecule has 0 aliphatic carbocycles. The number of amides is 1. The van der Waals surface area contributed by atoms with Crippen LogP contribution in [0.15, 0.2) is 41.5 Å². The van der Waals surface area contributed by atoms with E-state index in [-0.39, 0.29) is 6.54 Å². The molecule has 2 aromatic carbocycles. The highest BCUT2D eigenvalue weighted by molar-refractivity contribution is 5.87. The van der Waals surface area contributed by atoms with Crippen LogP contribution in [-0.4, -0.2) is 31.1 Å². The van der Waals surface area contributed by atoms with Crippen LogP contribution in [0.2, 0.25) is 0 Å². The zero-order valence-corrected chi connectivity index (χ0v) is 12.3. The van der Waals surface area contributed by atoms with E-state index in [2.05, 4.69) is 10.0 Å². The second-order valence-electron chi connectivity index (χ2n) is 4.73. The van der Waals surface area contributed by atoms with Crippen molar-refractivity contribution in [2.24, 2.45) is 11.0 Å². The largest absolute Gasteiger partial charge is 0.497 e. The van der Waals surface area contributed by atoms with E-state index >= 15 is 0 Å². The van der Waals surface area contributed by atoms with E-state index in [1.807, 2.05) is 36.4 Å². The van der Waals surface area contributed by atoms with Gasteiger partial charge in [0.2, 0.25) is 5.91 Å². The number of benzene rings is 2. The molecule has 0 spiro atoms. The Balaban J connectivity index is 2.14. The predicted octanol–water partition coefficient (Wildman–Crippen LogP) is 2.40. The molecule has 0 saturated heterocycles.